The number of aryl methyl sites for hydroxylation is 2. The van der Waals surface area contributed by atoms with Gasteiger partial charge in [-0.3, -0.25) is 0 Å². The summed E-state index contributed by atoms with van der Waals surface area (Å²) in [5, 5.41) is 7.18. The molecule has 134 valence electrons. The summed E-state index contributed by atoms with van der Waals surface area (Å²) in [4.78, 5) is 12.7. The highest BCUT2D eigenvalue weighted by molar-refractivity contribution is 7.70. The molecule has 3 aromatic rings. The quantitative estimate of drug-likeness (QED) is 0.657. The number of aromatic nitrogens is 3. The molecule has 1 heterocycles. The van der Waals surface area contributed by atoms with Gasteiger partial charge >= 0.3 is 0 Å². The predicted molar refractivity (Wildman–Crippen MR) is 108 cm³/mol. The van der Waals surface area contributed by atoms with Crippen molar-refractivity contribution < 1.29 is 4.57 Å². The molecule has 0 radical (unpaired) electrons. The Morgan fingerprint density at radius 1 is 0.808 bits per heavy atom. The third-order valence-corrected chi connectivity index (χ3v) is 5.34. The molecule has 1 aromatic heterocycles. The van der Waals surface area contributed by atoms with Crippen molar-refractivity contribution in [3.8, 4) is 0 Å². The van der Waals surface area contributed by atoms with Crippen LogP contribution in [0.25, 0.3) is 0 Å². The molecule has 0 aliphatic heterocycles. The Bertz CT molecular complexity index is 946. The summed E-state index contributed by atoms with van der Waals surface area (Å²) in [6.45, 7) is 7.61. The fourth-order valence-corrected chi connectivity index (χ4v) is 3.49. The molecular formula is C19H22N5OP. The van der Waals surface area contributed by atoms with Gasteiger partial charge in [-0.1, -0.05) is 6.07 Å². The standard InChI is InChI=1S/C19H22N5OP/c1-13-9-14(2)11-16(10-13)23-19-21-12-20-18(24-19)22-15-5-7-17(8-6-15)26(3,4)25/h5-12H,1-4H3,(H2,20,21,22,23,24). The zero-order valence-electron chi connectivity index (χ0n) is 15.3. The van der Waals surface area contributed by atoms with E-state index in [9.17, 15) is 4.57 Å². The minimum absolute atomic E-state index is 0.441. The third-order valence-electron chi connectivity index (χ3n) is 3.79. The molecule has 0 saturated carbocycles. The zero-order chi connectivity index (χ0) is 18.7. The van der Waals surface area contributed by atoms with Crippen LogP contribution in [0.1, 0.15) is 11.1 Å². The first-order valence-electron chi connectivity index (χ1n) is 8.26. The monoisotopic (exact) mass is 367 g/mol. The normalized spacial score (nSPS) is 11.2. The Morgan fingerprint density at radius 3 is 1.88 bits per heavy atom. The molecule has 2 N–H and O–H groups in total. The highest BCUT2D eigenvalue weighted by atomic mass is 31.2. The van der Waals surface area contributed by atoms with Crippen LogP contribution in [0.4, 0.5) is 23.3 Å². The van der Waals surface area contributed by atoms with E-state index in [1.807, 2.05) is 50.2 Å². The van der Waals surface area contributed by atoms with Crippen molar-refractivity contribution in [2.75, 3.05) is 24.0 Å². The van der Waals surface area contributed by atoms with Gasteiger partial charge in [0.1, 0.15) is 13.5 Å². The zero-order valence-corrected chi connectivity index (χ0v) is 16.2. The van der Waals surface area contributed by atoms with Crippen LogP contribution in [0.5, 0.6) is 0 Å². The average molecular weight is 367 g/mol. The minimum Gasteiger partial charge on any atom is -0.324 e. The molecule has 0 bridgehead atoms. The van der Waals surface area contributed by atoms with Gasteiger partial charge in [-0.2, -0.15) is 4.98 Å². The number of hydrogen-bond donors (Lipinski definition) is 2. The van der Waals surface area contributed by atoms with Crippen LogP contribution in [0.2, 0.25) is 0 Å². The average Bonchev–Trinajstić information content (AvgIpc) is 2.54. The molecule has 0 atom stereocenters. The fraction of sp³-hybridized carbons (Fsp3) is 0.211. The Balaban J connectivity index is 1.76. The van der Waals surface area contributed by atoms with E-state index in [-0.39, 0.29) is 0 Å². The van der Waals surface area contributed by atoms with Crippen LogP contribution in [-0.4, -0.2) is 28.3 Å². The number of hydrogen-bond acceptors (Lipinski definition) is 6. The second kappa shape index (κ2) is 7.26. The van der Waals surface area contributed by atoms with Gasteiger partial charge in [0.2, 0.25) is 11.9 Å². The maximum atomic E-state index is 12.1. The highest BCUT2D eigenvalue weighted by Gasteiger charge is 2.10. The van der Waals surface area contributed by atoms with Gasteiger partial charge in [0.15, 0.2) is 0 Å². The van der Waals surface area contributed by atoms with E-state index in [1.165, 1.54) is 17.5 Å². The summed E-state index contributed by atoms with van der Waals surface area (Å²) in [6.07, 6.45) is 1.46. The number of anilines is 4. The van der Waals surface area contributed by atoms with Gasteiger partial charge in [0, 0.05) is 16.7 Å². The van der Waals surface area contributed by atoms with Gasteiger partial charge in [0.05, 0.1) is 0 Å². The van der Waals surface area contributed by atoms with Gasteiger partial charge in [-0.15, -0.1) is 0 Å². The summed E-state index contributed by atoms with van der Waals surface area (Å²) in [5.74, 6) is 0.909. The molecule has 7 heteroatoms. The summed E-state index contributed by atoms with van der Waals surface area (Å²) >= 11 is 0. The lowest BCUT2D eigenvalue weighted by Crippen LogP contribution is -2.05. The summed E-state index contributed by atoms with van der Waals surface area (Å²) in [5.41, 5.74) is 4.10. The van der Waals surface area contributed by atoms with Crippen molar-refractivity contribution in [2.24, 2.45) is 0 Å². The van der Waals surface area contributed by atoms with Gasteiger partial charge in [0.25, 0.3) is 0 Å². The van der Waals surface area contributed by atoms with Crippen LogP contribution < -0.4 is 15.9 Å². The Kier molecular flexibility index (Phi) is 5.05. The third kappa shape index (κ3) is 4.67. The Morgan fingerprint density at radius 2 is 1.35 bits per heavy atom. The molecule has 2 aromatic carbocycles. The number of rotatable bonds is 5. The van der Waals surface area contributed by atoms with E-state index in [0.29, 0.717) is 11.9 Å². The molecule has 0 aliphatic carbocycles. The first-order chi connectivity index (χ1) is 12.3. The molecule has 0 fully saturated rings. The second-order valence-electron chi connectivity index (χ2n) is 6.66. The van der Waals surface area contributed by atoms with E-state index in [0.717, 1.165) is 16.7 Å². The van der Waals surface area contributed by atoms with Crippen molar-refractivity contribution in [2.45, 2.75) is 13.8 Å². The van der Waals surface area contributed by atoms with Crippen molar-refractivity contribution >= 4 is 35.7 Å². The van der Waals surface area contributed by atoms with Crippen LogP contribution >= 0.6 is 7.14 Å². The topological polar surface area (TPSA) is 79.8 Å². The van der Waals surface area contributed by atoms with Crippen LogP contribution in [0.15, 0.2) is 48.8 Å². The lowest BCUT2D eigenvalue weighted by Gasteiger charge is -2.10. The molecule has 0 unspecified atom stereocenters. The molecule has 26 heavy (non-hydrogen) atoms. The van der Waals surface area contributed by atoms with Crippen molar-refractivity contribution in [1.82, 2.24) is 15.0 Å². The van der Waals surface area contributed by atoms with Crippen LogP contribution in [-0.2, 0) is 4.57 Å². The van der Waals surface area contributed by atoms with E-state index in [2.05, 4.69) is 31.7 Å². The maximum Gasteiger partial charge on any atom is 0.232 e. The first-order valence-corrected chi connectivity index (χ1v) is 10.9. The molecule has 0 spiro atoms. The Hall–Kier alpha value is -2.72. The van der Waals surface area contributed by atoms with Crippen LogP contribution in [0, 0.1) is 13.8 Å². The Labute approximate surface area is 153 Å². The lowest BCUT2D eigenvalue weighted by molar-refractivity contribution is 0.588. The van der Waals surface area contributed by atoms with Crippen molar-refractivity contribution in [3.63, 3.8) is 0 Å². The summed E-state index contributed by atoms with van der Waals surface area (Å²) in [7, 11) is -2.25. The minimum atomic E-state index is -2.25. The molecular weight excluding hydrogens is 345 g/mol. The first kappa shape index (κ1) is 18.1. The fourth-order valence-electron chi connectivity index (χ4n) is 2.63. The summed E-state index contributed by atoms with van der Waals surface area (Å²) < 4.78 is 12.1. The van der Waals surface area contributed by atoms with Crippen molar-refractivity contribution in [1.29, 1.82) is 0 Å². The SMILES string of the molecule is Cc1cc(C)cc(Nc2ncnc(Nc3ccc(P(C)(C)=O)cc3)n2)c1. The summed E-state index contributed by atoms with van der Waals surface area (Å²) in [6, 6.07) is 13.6. The van der Waals surface area contributed by atoms with E-state index >= 15 is 0 Å². The van der Waals surface area contributed by atoms with Gasteiger partial charge < -0.3 is 15.2 Å². The molecule has 3 rings (SSSR count). The molecule has 0 saturated heterocycles. The van der Waals surface area contributed by atoms with E-state index in [4.69, 9.17) is 0 Å². The second-order valence-corrected chi connectivity index (χ2v) is 9.87. The predicted octanol–water partition coefficient (Wildman–Crippen LogP) is 4.22. The van der Waals surface area contributed by atoms with Gasteiger partial charge in [-0.05, 0) is 74.7 Å². The molecule has 0 aliphatic rings. The highest BCUT2D eigenvalue weighted by Crippen LogP contribution is 2.34. The number of nitrogens with zero attached hydrogens (tertiary/aromatic N) is 3. The van der Waals surface area contributed by atoms with Crippen molar-refractivity contribution in [3.05, 3.63) is 59.9 Å². The van der Waals surface area contributed by atoms with Gasteiger partial charge in [-0.25, -0.2) is 9.97 Å². The van der Waals surface area contributed by atoms with Crippen LogP contribution in [0.3, 0.4) is 0 Å². The largest absolute Gasteiger partial charge is 0.324 e. The smallest absolute Gasteiger partial charge is 0.232 e. The maximum absolute atomic E-state index is 12.1. The lowest BCUT2D eigenvalue weighted by atomic mass is 10.1. The molecule has 6 nitrogen and oxygen atoms in total. The van der Waals surface area contributed by atoms with E-state index in [1.54, 1.807) is 13.3 Å². The number of benzene rings is 2. The molecule has 0 amide bonds. The number of nitrogens with one attached hydrogen (secondary N) is 2. The van der Waals surface area contributed by atoms with E-state index < -0.39 is 7.14 Å².